The van der Waals surface area contributed by atoms with E-state index in [1.54, 1.807) is 0 Å². The third-order valence-corrected chi connectivity index (χ3v) is 3.90. The van der Waals surface area contributed by atoms with Gasteiger partial charge in [-0.15, -0.1) is 0 Å². The number of unbranched alkanes of at least 4 members (excludes halogenated alkanes) is 3. The van der Waals surface area contributed by atoms with Crippen molar-refractivity contribution >= 4 is 18.5 Å². The summed E-state index contributed by atoms with van der Waals surface area (Å²) < 4.78 is 11.0. The molecule has 22 heavy (non-hydrogen) atoms. The molecule has 130 valence electrons. The zero-order valence-electron chi connectivity index (χ0n) is 12.9. The van der Waals surface area contributed by atoms with Crippen molar-refractivity contribution in [3.8, 4) is 0 Å². The van der Waals surface area contributed by atoms with Crippen LogP contribution >= 0.6 is 12.6 Å². The smallest absolute Gasteiger partial charge is 0.217 e. The number of thiol groups is 1. The number of amides is 1. The van der Waals surface area contributed by atoms with E-state index in [0.717, 1.165) is 31.4 Å². The molecule has 7 nitrogen and oxygen atoms in total. The van der Waals surface area contributed by atoms with Crippen LogP contribution in [0.2, 0.25) is 0 Å². The van der Waals surface area contributed by atoms with Crippen molar-refractivity contribution in [2.45, 2.75) is 63.3 Å². The molecule has 0 unspecified atom stereocenters. The van der Waals surface area contributed by atoms with E-state index < -0.39 is 37.3 Å². The number of nitrogens with one attached hydrogen (secondary N) is 1. The molecular weight excluding hydrogens is 310 g/mol. The Labute approximate surface area is 136 Å². The molecule has 0 radical (unpaired) electrons. The average molecular weight is 337 g/mol. The van der Waals surface area contributed by atoms with Crippen LogP contribution in [-0.2, 0) is 14.3 Å². The Balaban J connectivity index is 2.52. The maximum atomic E-state index is 11.2. The van der Waals surface area contributed by atoms with Crippen molar-refractivity contribution in [1.29, 1.82) is 0 Å². The van der Waals surface area contributed by atoms with E-state index in [1.165, 1.54) is 6.92 Å². The van der Waals surface area contributed by atoms with Crippen molar-refractivity contribution in [1.82, 2.24) is 5.32 Å². The van der Waals surface area contributed by atoms with E-state index in [0.29, 0.717) is 6.61 Å². The molecule has 5 atom stereocenters. The van der Waals surface area contributed by atoms with Gasteiger partial charge in [0, 0.05) is 13.5 Å². The fraction of sp³-hybridized carbons (Fsp3) is 0.929. The highest BCUT2D eigenvalue weighted by Gasteiger charge is 2.45. The standard InChI is InChI=1S/C14H27NO6S/c1-9(17)15-11-13(19)12(18)10(8-16)21-14(11)20-6-4-2-3-5-7-22/h10-14,16,18-19,22H,2-8H2,1H3,(H,15,17)/t10-,11-,12+,13-,14-/m1/s1. The maximum absolute atomic E-state index is 11.2. The third kappa shape index (κ3) is 6.02. The summed E-state index contributed by atoms with van der Waals surface area (Å²) >= 11 is 4.14. The monoisotopic (exact) mass is 337 g/mol. The van der Waals surface area contributed by atoms with Crippen LogP contribution in [-0.4, -0.2) is 70.8 Å². The topological polar surface area (TPSA) is 108 Å². The van der Waals surface area contributed by atoms with Crippen LogP contribution in [0.15, 0.2) is 0 Å². The maximum Gasteiger partial charge on any atom is 0.217 e. The predicted octanol–water partition coefficient (Wildman–Crippen LogP) is -0.563. The van der Waals surface area contributed by atoms with Crippen LogP contribution < -0.4 is 5.32 Å². The highest BCUT2D eigenvalue weighted by atomic mass is 32.1. The van der Waals surface area contributed by atoms with Gasteiger partial charge in [-0.05, 0) is 18.6 Å². The average Bonchev–Trinajstić information content (AvgIpc) is 2.49. The molecule has 1 saturated heterocycles. The first-order valence-electron chi connectivity index (χ1n) is 7.63. The first kappa shape index (κ1) is 19.7. The van der Waals surface area contributed by atoms with Gasteiger partial charge in [-0.1, -0.05) is 12.8 Å². The fourth-order valence-corrected chi connectivity index (χ4v) is 2.60. The number of hydrogen-bond donors (Lipinski definition) is 5. The van der Waals surface area contributed by atoms with E-state index >= 15 is 0 Å². The van der Waals surface area contributed by atoms with E-state index in [4.69, 9.17) is 9.47 Å². The second-order valence-corrected chi connectivity index (χ2v) is 5.89. The highest BCUT2D eigenvalue weighted by Crippen LogP contribution is 2.22. The Morgan fingerprint density at radius 1 is 1.23 bits per heavy atom. The zero-order chi connectivity index (χ0) is 16.5. The molecule has 1 rings (SSSR count). The summed E-state index contributed by atoms with van der Waals surface area (Å²) in [4.78, 5) is 11.2. The van der Waals surface area contributed by atoms with Crippen LogP contribution in [0.1, 0.15) is 32.6 Å². The Bertz CT molecular complexity index is 332. The lowest BCUT2D eigenvalue weighted by Gasteiger charge is -2.42. The van der Waals surface area contributed by atoms with Gasteiger partial charge in [0.25, 0.3) is 0 Å². The lowest BCUT2D eigenvalue weighted by atomic mass is 9.97. The van der Waals surface area contributed by atoms with Gasteiger partial charge >= 0.3 is 0 Å². The van der Waals surface area contributed by atoms with Crippen molar-refractivity contribution in [2.24, 2.45) is 0 Å². The van der Waals surface area contributed by atoms with Gasteiger partial charge in [-0.25, -0.2) is 0 Å². The van der Waals surface area contributed by atoms with Crippen molar-refractivity contribution in [3.05, 3.63) is 0 Å². The van der Waals surface area contributed by atoms with Gasteiger partial charge < -0.3 is 30.1 Å². The molecule has 0 aromatic carbocycles. The summed E-state index contributed by atoms with van der Waals surface area (Å²) in [6.07, 6.45) is -0.446. The molecule has 4 N–H and O–H groups in total. The molecular formula is C14H27NO6S. The molecule has 0 spiro atoms. The largest absolute Gasteiger partial charge is 0.394 e. The van der Waals surface area contributed by atoms with Gasteiger partial charge in [-0.3, -0.25) is 4.79 Å². The number of hydrogen-bond acceptors (Lipinski definition) is 7. The number of rotatable bonds is 9. The molecule has 1 heterocycles. The number of carbonyl (C=O) groups is 1. The number of aliphatic hydroxyl groups is 3. The predicted molar refractivity (Wildman–Crippen MR) is 83.6 cm³/mol. The Morgan fingerprint density at radius 3 is 2.50 bits per heavy atom. The van der Waals surface area contributed by atoms with Gasteiger partial charge in [-0.2, -0.15) is 12.6 Å². The van der Waals surface area contributed by atoms with E-state index in [9.17, 15) is 20.1 Å². The minimum absolute atomic E-state index is 0.357. The quantitative estimate of drug-likeness (QED) is 0.285. The third-order valence-electron chi connectivity index (χ3n) is 3.59. The fourth-order valence-electron chi connectivity index (χ4n) is 2.38. The molecule has 0 aliphatic carbocycles. The molecule has 1 fully saturated rings. The van der Waals surface area contributed by atoms with Crippen molar-refractivity contribution in [3.63, 3.8) is 0 Å². The second kappa shape index (κ2) is 10.4. The SMILES string of the molecule is CC(=O)N[C@H]1[C@H](OCCCCCCS)O[C@H](CO)[C@H](O)[C@@H]1O. The highest BCUT2D eigenvalue weighted by molar-refractivity contribution is 7.80. The molecule has 0 aromatic heterocycles. The van der Waals surface area contributed by atoms with Gasteiger partial charge in [0.05, 0.1) is 6.61 Å². The van der Waals surface area contributed by atoms with Crippen LogP contribution in [0.5, 0.6) is 0 Å². The zero-order valence-corrected chi connectivity index (χ0v) is 13.7. The lowest BCUT2D eigenvalue weighted by molar-refractivity contribution is -0.270. The summed E-state index contributed by atoms with van der Waals surface area (Å²) in [6, 6.07) is -0.868. The van der Waals surface area contributed by atoms with Crippen LogP contribution in [0.3, 0.4) is 0 Å². The van der Waals surface area contributed by atoms with Crippen LogP contribution in [0, 0.1) is 0 Å². The van der Waals surface area contributed by atoms with Crippen LogP contribution in [0.4, 0.5) is 0 Å². The molecule has 1 amide bonds. The Morgan fingerprint density at radius 2 is 1.91 bits per heavy atom. The minimum atomic E-state index is -1.28. The molecule has 1 aliphatic heterocycles. The summed E-state index contributed by atoms with van der Waals surface area (Å²) in [7, 11) is 0. The summed E-state index contributed by atoms with van der Waals surface area (Å²) in [5.74, 6) is 0.504. The Hall–Kier alpha value is -0.380. The van der Waals surface area contributed by atoms with Gasteiger partial charge in [0.2, 0.25) is 5.91 Å². The van der Waals surface area contributed by atoms with E-state index in [1.807, 2.05) is 0 Å². The summed E-state index contributed by atoms with van der Waals surface area (Å²) in [5, 5.41) is 31.7. The number of ether oxygens (including phenoxy) is 2. The summed E-state index contributed by atoms with van der Waals surface area (Å²) in [5.41, 5.74) is 0. The van der Waals surface area contributed by atoms with Crippen LogP contribution in [0.25, 0.3) is 0 Å². The molecule has 1 aliphatic rings. The number of aliphatic hydroxyl groups excluding tert-OH is 3. The van der Waals surface area contributed by atoms with E-state index in [-0.39, 0.29) is 5.91 Å². The van der Waals surface area contributed by atoms with Crippen molar-refractivity contribution in [2.75, 3.05) is 19.0 Å². The normalized spacial score (nSPS) is 32.0. The number of carbonyl (C=O) groups excluding carboxylic acids is 1. The molecule has 0 aromatic rings. The Kier molecular flexibility index (Phi) is 9.30. The van der Waals surface area contributed by atoms with Crippen molar-refractivity contribution < 1.29 is 29.6 Å². The molecule has 0 bridgehead atoms. The second-order valence-electron chi connectivity index (χ2n) is 5.44. The minimum Gasteiger partial charge on any atom is -0.394 e. The molecule has 0 saturated carbocycles. The molecule has 8 heteroatoms. The first-order valence-corrected chi connectivity index (χ1v) is 8.26. The van der Waals surface area contributed by atoms with E-state index in [2.05, 4.69) is 17.9 Å². The lowest BCUT2D eigenvalue weighted by Crippen LogP contribution is -2.64. The summed E-state index contributed by atoms with van der Waals surface area (Å²) in [6.45, 7) is 1.28. The first-order chi connectivity index (χ1) is 10.5. The van der Waals surface area contributed by atoms with Gasteiger partial charge in [0.15, 0.2) is 6.29 Å². The van der Waals surface area contributed by atoms with Gasteiger partial charge in [0.1, 0.15) is 24.4 Å².